The van der Waals surface area contributed by atoms with E-state index in [2.05, 4.69) is 38.1 Å². The summed E-state index contributed by atoms with van der Waals surface area (Å²) in [6.45, 7) is 4.36. The first-order chi connectivity index (χ1) is 8.09. The number of hydrogen-bond donors (Lipinski definition) is 2. The summed E-state index contributed by atoms with van der Waals surface area (Å²) in [7, 11) is 0. The van der Waals surface area contributed by atoms with E-state index in [4.69, 9.17) is 5.73 Å². The molecule has 1 aliphatic rings. The van der Waals surface area contributed by atoms with Crippen LogP contribution in [0.15, 0.2) is 24.3 Å². The van der Waals surface area contributed by atoms with Gasteiger partial charge in [0.1, 0.15) is 0 Å². The molecule has 0 aliphatic heterocycles. The van der Waals surface area contributed by atoms with Crippen molar-refractivity contribution in [3.05, 3.63) is 35.4 Å². The van der Waals surface area contributed by atoms with Crippen molar-refractivity contribution in [3.63, 3.8) is 0 Å². The van der Waals surface area contributed by atoms with Crippen LogP contribution in [-0.4, -0.2) is 11.2 Å². The Labute approximate surface area is 116 Å². The number of nitrogens with two attached hydrogens (primary N) is 1. The van der Waals surface area contributed by atoms with Gasteiger partial charge in [0.15, 0.2) is 0 Å². The van der Waals surface area contributed by atoms with Gasteiger partial charge in [-0.05, 0) is 35.8 Å². The van der Waals surface area contributed by atoms with Crippen LogP contribution in [0.1, 0.15) is 56.2 Å². The Bertz CT molecular complexity index is 359. The number of hydrogen-bond acceptors (Lipinski definition) is 2. The van der Waals surface area contributed by atoms with Crippen LogP contribution in [0.4, 0.5) is 0 Å². The summed E-state index contributed by atoms with van der Waals surface area (Å²) in [6.07, 6.45) is 3.10. The molecule has 1 aromatic rings. The van der Waals surface area contributed by atoms with Crippen molar-refractivity contribution in [2.75, 3.05) is 0 Å². The van der Waals surface area contributed by atoms with Gasteiger partial charge in [-0.15, -0.1) is 12.4 Å². The number of halogens is 1. The van der Waals surface area contributed by atoms with Gasteiger partial charge in [-0.2, -0.15) is 0 Å². The van der Waals surface area contributed by atoms with Gasteiger partial charge >= 0.3 is 0 Å². The highest BCUT2D eigenvalue weighted by atomic mass is 35.5. The van der Waals surface area contributed by atoms with E-state index in [0.717, 1.165) is 18.4 Å². The summed E-state index contributed by atoms with van der Waals surface area (Å²) < 4.78 is 0. The van der Waals surface area contributed by atoms with Gasteiger partial charge in [0.25, 0.3) is 0 Å². The molecular weight excluding hydrogens is 246 g/mol. The molecule has 0 bridgehead atoms. The van der Waals surface area contributed by atoms with Crippen LogP contribution < -0.4 is 5.73 Å². The van der Waals surface area contributed by atoms with Crippen LogP contribution in [0.25, 0.3) is 0 Å². The zero-order chi connectivity index (χ0) is 12.4. The maximum atomic E-state index is 10.1. The molecule has 0 aromatic heterocycles. The van der Waals surface area contributed by atoms with E-state index in [1.807, 2.05) is 0 Å². The molecule has 0 heterocycles. The summed E-state index contributed by atoms with van der Waals surface area (Å²) in [5.74, 6) is 0.951. The van der Waals surface area contributed by atoms with E-state index in [1.165, 1.54) is 12.0 Å². The molecule has 102 valence electrons. The monoisotopic (exact) mass is 269 g/mol. The molecule has 0 radical (unpaired) electrons. The van der Waals surface area contributed by atoms with Gasteiger partial charge in [-0.1, -0.05) is 44.5 Å². The second-order valence-electron chi connectivity index (χ2n) is 5.53. The molecular formula is C15H24ClNO. The van der Waals surface area contributed by atoms with E-state index in [1.54, 1.807) is 0 Å². The number of benzene rings is 1. The van der Waals surface area contributed by atoms with Crippen LogP contribution >= 0.6 is 12.4 Å². The van der Waals surface area contributed by atoms with Crippen molar-refractivity contribution in [1.82, 2.24) is 0 Å². The lowest BCUT2D eigenvalue weighted by molar-refractivity contribution is 0.0413. The van der Waals surface area contributed by atoms with Gasteiger partial charge in [-0.25, -0.2) is 0 Å². The number of aliphatic hydroxyl groups is 1. The summed E-state index contributed by atoms with van der Waals surface area (Å²) in [5.41, 5.74) is 8.49. The molecule has 3 heteroatoms. The third-order valence-electron chi connectivity index (χ3n) is 3.99. The standard InChI is InChI=1S/C15H23NO.ClH/c1-10(2)11-6-8-12(9-7-11)14(16)15(17)13-4-3-5-13;/h6-10,13-15,17H,3-5,16H2,1-2H3;1H/t14-,15+;/m0./s1. The quantitative estimate of drug-likeness (QED) is 0.880. The van der Waals surface area contributed by atoms with Crippen LogP contribution in [0.2, 0.25) is 0 Å². The lowest BCUT2D eigenvalue weighted by Gasteiger charge is -2.33. The predicted octanol–water partition coefficient (Wildman–Crippen LogP) is 3.39. The van der Waals surface area contributed by atoms with Crippen molar-refractivity contribution < 1.29 is 5.11 Å². The maximum Gasteiger partial charge on any atom is 0.0760 e. The Morgan fingerprint density at radius 2 is 1.61 bits per heavy atom. The van der Waals surface area contributed by atoms with Crippen molar-refractivity contribution in [3.8, 4) is 0 Å². The molecule has 1 aliphatic carbocycles. The van der Waals surface area contributed by atoms with Crippen LogP contribution in [0, 0.1) is 5.92 Å². The fourth-order valence-corrected chi connectivity index (χ4v) is 2.37. The van der Waals surface area contributed by atoms with E-state index in [-0.39, 0.29) is 24.6 Å². The van der Waals surface area contributed by atoms with Crippen molar-refractivity contribution >= 4 is 12.4 Å². The Balaban J connectivity index is 0.00000162. The third-order valence-corrected chi connectivity index (χ3v) is 3.99. The summed E-state index contributed by atoms with van der Waals surface area (Å²) in [5, 5.41) is 10.1. The maximum absolute atomic E-state index is 10.1. The molecule has 1 saturated carbocycles. The number of aliphatic hydroxyl groups excluding tert-OH is 1. The molecule has 1 aromatic carbocycles. The minimum Gasteiger partial charge on any atom is -0.391 e. The molecule has 0 unspecified atom stereocenters. The van der Waals surface area contributed by atoms with Crippen molar-refractivity contribution in [2.45, 2.75) is 51.2 Å². The first-order valence-electron chi connectivity index (χ1n) is 6.63. The smallest absolute Gasteiger partial charge is 0.0760 e. The fraction of sp³-hybridized carbons (Fsp3) is 0.600. The number of rotatable bonds is 4. The third kappa shape index (κ3) is 3.25. The highest BCUT2D eigenvalue weighted by Gasteiger charge is 2.30. The van der Waals surface area contributed by atoms with Crippen molar-refractivity contribution in [2.24, 2.45) is 11.7 Å². The highest BCUT2D eigenvalue weighted by molar-refractivity contribution is 5.85. The summed E-state index contributed by atoms with van der Waals surface area (Å²) >= 11 is 0. The second-order valence-corrected chi connectivity index (χ2v) is 5.53. The van der Waals surface area contributed by atoms with Crippen LogP contribution in [0.3, 0.4) is 0 Å². The summed E-state index contributed by atoms with van der Waals surface area (Å²) in [4.78, 5) is 0. The summed E-state index contributed by atoms with van der Waals surface area (Å²) in [6, 6.07) is 8.12. The topological polar surface area (TPSA) is 46.2 Å². The molecule has 0 saturated heterocycles. The Morgan fingerprint density at radius 1 is 1.11 bits per heavy atom. The normalized spacial score (nSPS) is 18.9. The minimum absolute atomic E-state index is 0. The zero-order valence-corrected chi connectivity index (χ0v) is 12.0. The first-order valence-corrected chi connectivity index (χ1v) is 6.63. The average molecular weight is 270 g/mol. The fourth-order valence-electron chi connectivity index (χ4n) is 2.37. The first kappa shape index (κ1) is 15.5. The largest absolute Gasteiger partial charge is 0.391 e. The van der Waals surface area contributed by atoms with Crippen LogP contribution in [0.5, 0.6) is 0 Å². The van der Waals surface area contributed by atoms with Gasteiger partial charge in [0.05, 0.1) is 12.1 Å². The Kier molecular flexibility index (Phi) is 5.64. The lowest BCUT2D eigenvalue weighted by atomic mass is 9.77. The molecule has 0 amide bonds. The highest BCUT2D eigenvalue weighted by Crippen LogP contribution is 2.34. The minimum atomic E-state index is -0.381. The molecule has 18 heavy (non-hydrogen) atoms. The molecule has 0 spiro atoms. The van der Waals surface area contributed by atoms with E-state index in [9.17, 15) is 5.11 Å². The molecule has 2 rings (SSSR count). The lowest BCUT2D eigenvalue weighted by Crippen LogP contribution is -2.36. The van der Waals surface area contributed by atoms with Gasteiger partial charge < -0.3 is 10.8 Å². The Morgan fingerprint density at radius 3 is 2.00 bits per heavy atom. The van der Waals surface area contributed by atoms with Gasteiger partial charge in [0, 0.05) is 0 Å². The van der Waals surface area contributed by atoms with Gasteiger partial charge in [0.2, 0.25) is 0 Å². The van der Waals surface area contributed by atoms with Crippen molar-refractivity contribution in [1.29, 1.82) is 0 Å². The molecule has 2 atom stereocenters. The van der Waals surface area contributed by atoms with E-state index in [0.29, 0.717) is 11.8 Å². The molecule has 1 fully saturated rings. The predicted molar refractivity (Wildman–Crippen MR) is 78.1 cm³/mol. The molecule has 2 nitrogen and oxygen atoms in total. The second kappa shape index (κ2) is 6.55. The van der Waals surface area contributed by atoms with E-state index >= 15 is 0 Å². The zero-order valence-electron chi connectivity index (χ0n) is 11.2. The average Bonchev–Trinajstić information content (AvgIpc) is 2.25. The van der Waals surface area contributed by atoms with E-state index < -0.39 is 0 Å². The van der Waals surface area contributed by atoms with Crippen LogP contribution in [-0.2, 0) is 0 Å². The molecule has 3 N–H and O–H groups in total. The SMILES string of the molecule is CC(C)c1ccc([C@H](N)[C@H](O)C2CCC2)cc1.Cl. The van der Waals surface area contributed by atoms with Gasteiger partial charge in [-0.3, -0.25) is 0 Å². The Hall–Kier alpha value is -0.570.